The fourth-order valence-electron chi connectivity index (χ4n) is 3.66. The molecule has 1 saturated carbocycles. The SMILES string of the molecule is CCCNCC1CCC(C)(C)CC1c1c(Br)cnn1CC. The van der Waals surface area contributed by atoms with E-state index in [0.717, 1.165) is 25.6 Å². The molecule has 0 radical (unpaired) electrons. The smallest absolute Gasteiger partial charge is 0.0635 e. The molecule has 21 heavy (non-hydrogen) atoms. The van der Waals surface area contributed by atoms with E-state index in [1.807, 2.05) is 6.20 Å². The summed E-state index contributed by atoms with van der Waals surface area (Å²) in [5.74, 6) is 1.33. The highest BCUT2D eigenvalue weighted by Crippen LogP contribution is 2.47. The van der Waals surface area contributed by atoms with Crippen LogP contribution < -0.4 is 5.32 Å². The van der Waals surface area contributed by atoms with Gasteiger partial charge >= 0.3 is 0 Å². The minimum atomic E-state index is 0.439. The third-order valence-electron chi connectivity index (χ3n) is 4.85. The van der Waals surface area contributed by atoms with Gasteiger partial charge in [-0.15, -0.1) is 0 Å². The van der Waals surface area contributed by atoms with Gasteiger partial charge in [-0.2, -0.15) is 5.10 Å². The summed E-state index contributed by atoms with van der Waals surface area (Å²) in [5, 5.41) is 8.17. The normalized spacial score (nSPS) is 25.2. The molecule has 0 aliphatic heterocycles. The lowest BCUT2D eigenvalue weighted by molar-refractivity contribution is 0.154. The van der Waals surface area contributed by atoms with Gasteiger partial charge in [-0.1, -0.05) is 20.8 Å². The van der Waals surface area contributed by atoms with Gasteiger partial charge in [0, 0.05) is 12.5 Å². The molecule has 2 atom stereocenters. The zero-order valence-electron chi connectivity index (χ0n) is 14.0. The van der Waals surface area contributed by atoms with E-state index >= 15 is 0 Å². The minimum Gasteiger partial charge on any atom is -0.316 e. The minimum absolute atomic E-state index is 0.439. The molecule has 1 aromatic heterocycles. The van der Waals surface area contributed by atoms with E-state index in [9.17, 15) is 0 Å². The van der Waals surface area contributed by atoms with E-state index in [1.54, 1.807) is 0 Å². The average molecular weight is 356 g/mol. The maximum atomic E-state index is 4.54. The van der Waals surface area contributed by atoms with Gasteiger partial charge in [0.1, 0.15) is 0 Å². The lowest BCUT2D eigenvalue weighted by Gasteiger charge is -2.41. The topological polar surface area (TPSA) is 29.9 Å². The van der Waals surface area contributed by atoms with Gasteiger partial charge in [-0.25, -0.2) is 0 Å². The van der Waals surface area contributed by atoms with Crippen LogP contribution in [0.2, 0.25) is 0 Å². The van der Waals surface area contributed by atoms with Gasteiger partial charge < -0.3 is 5.32 Å². The number of aromatic nitrogens is 2. The number of halogens is 1. The number of aryl methyl sites for hydroxylation is 1. The molecular weight excluding hydrogens is 326 g/mol. The number of nitrogens with one attached hydrogen (secondary N) is 1. The summed E-state index contributed by atoms with van der Waals surface area (Å²) in [4.78, 5) is 0. The Morgan fingerprint density at radius 3 is 2.86 bits per heavy atom. The summed E-state index contributed by atoms with van der Waals surface area (Å²) in [6, 6.07) is 0. The molecule has 0 bridgehead atoms. The second-order valence-electron chi connectivity index (χ2n) is 7.17. The second-order valence-corrected chi connectivity index (χ2v) is 8.03. The first kappa shape index (κ1) is 17.0. The fraction of sp³-hybridized carbons (Fsp3) is 0.824. The third-order valence-corrected chi connectivity index (χ3v) is 5.46. The molecule has 120 valence electrons. The van der Waals surface area contributed by atoms with E-state index in [2.05, 4.69) is 58.7 Å². The van der Waals surface area contributed by atoms with Crippen LogP contribution in [0.15, 0.2) is 10.7 Å². The molecule has 2 rings (SSSR count). The summed E-state index contributed by atoms with van der Waals surface area (Å²) in [7, 11) is 0. The predicted molar refractivity (Wildman–Crippen MR) is 92.6 cm³/mol. The van der Waals surface area contributed by atoms with Crippen molar-refractivity contribution in [2.75, 3.05) is 13.1 Å². The quantitative estimate of drug-likeness (QED) is 0.757. The first-order valence-electron chi connectivity index (χ1n) is 8.40. The lowest BCUT2D eigenvalue weighted by Crippen LogP contribution is -2.36. The van der Waals surface area contributed by atoms with Crippen LogP contribution in [-0.2, 0) is 6.54 Å². The van der Waals surface area contributed by atoms with E-state index < -0.39 is 0 Å². The first-order valence-corrected chi connectivity index (χ1v) is 9.19. The summed E-state index contributed by atoms with van der Waals surface area (Å²) < 4.78 is 3.37. The Labute approximate surface area is 138 Å². The van der Waals surface area contributed by atoms with E-state index in [1.165, 1.54) is 35.8 Å². The van der Waals surface area contributed by atoms with Crippen molar-refractivity contribution in [3.05, 3.63) is 16.4 Å². The van der Waals surface area contributed by atoms with Crippen molar-refractivity contribution < 1.29 is 0 Å². The van der Waals surface area contributed by atoms with Crippen LogP contribution in [0.1, 0.15) is 65.0 Å². The predicted octanol–water partition coefficient (Wildman–Crippen LogP) is 4.58. The summed E-state index contributed by atoms with van der Waals surface area (Å²) in [6.45, 7) is 12.5. The Bertz CT molecular complexity index is 453. The van der Waals surface area contributed by atoms with Crippen LogP contribution >= 0.6 is 15.9 Å². The van der Waals surface area contributed by atoms with E-state index in [-0.39, 0.29) is 0 Å². The van der Waals surface area contributed by atoms with Gasteiger partial charge in [-0.05, 0) is 73.0 Å². The van der Waals surface area contributed by atoms with Gasteiger partial charge in [0.2, 0.25) is 0 Å². The highest BCUT2D eigenvalue weighted by atomic mass is 79.9. The van der Waals surface area contributed by atoms with Gasteiger partial charge in [0.25, 0.3) is 0 Å². The molecule has 1 aromatic rings. The monoisotopic (exact) mass is 355 g/mol. The van der Waals surface area contributed by atoms with Crippen molar-refractivity contribution in [2.45, 2.75) is 65.8 Å². The molecule has 1 N–H and O–H groups in total. The molecule has 3 nitrogen and oxygen atoms in total. The molecule has 1 heterocycles. The number of rotatable bonds is 6. The molecule has 2 unspecified atom stereocenters. The standard InChI is InChI=1S/C17H30BrN3/c1-5-9-19-11-13-7-8-17(3,4)10-14(13)16-15(18)12-20-21(16)6-2/h12-14,19H,5-11H2,1-4H3. The Kier molecular flexibility index (Phi) is 5.89. The fourth-order valence-corrected chi connectivity index (χ4v) is 4.25. The maximum Gasteiger partial charge on any atom is 0.0635 e. The number of nitrogens with zero attached hydrogens (tertiary/aromatic N) is 2. The third kappa shape index (κ3) is 4.10. The Morgan fingerprint density at radius 2 is 2.19 bits per heavy atom. The van der Waals surface area contributed by atoms with Gasteiger partial charge in [0.05, 0.1) is 16.4 Å². The highest BCUT2D eigenvalue weighted by molar-refractivity contribution is 9.10. The van der Waals surface area contributed by atoms with Crippen molar-refractivity contribution in [3.8, 4) is 0 Å². The number of hydrogen-bond donors (Lipinski definition) is 1. The molecule has 0 spiro atoms. The van der Waals surface area contributed by atoms with Gasteiger partial charge in [0.15, 0.2) is 0 Å². The van der Waals surface area contributed by atoms with E-state index in [0.29, 0.717) is 11.3 Å². The molecule has 0 aromatic carbocycles. The van der Waals surface area contributed by atoms with Gasteiger partial charge in [-0.3, -0.25) is 4.68 Å². The molecule has 1 fully saturated rings. The van der Waals surface area contributed by atoms with Crippen LogP contribution in [0.25, 0.3) is 0 Å². The first-order chi connectivity index (χ1) is 9.98. The van der Waals surface area contributed by atoms with Crippen LogP contribution in [-0.4, -0.2) is 22.9 Å². The highest BCUT2D eigenvalue weighted by Gasteiger charge is 2.37. The Hall–Kier alpha value is -0.350. The van der Waals surface area contributed by atoms with Crippen LogP contribution in [0.5, 0.6) is 0 Å². The molecule has 1 aliphatic carbocycles. The Balaban J connectivity index is 2.22. The Morgan fingerprint density at radius 1 is 1.43 bits per heavy atom. The molecule has 4 heteroatoms. The summed E-state index contributed by atoms with van der Waals surface area (Å²) in [5.41, 5.74) is 1.85. The molecule has 1 aliphatic rings. The summed E-state index contributed by atoms with van der Waals surface area (Å²) in [6.07, 6.45) is 7.09. The maximum absolute atomic E-state index is 4.54. The molecule has 0 saturated heterocycles. The van der Waals surface area contributed by atoms with Crippen molar-refractivity contribution >= 4 is 15.9 Å². The molecule has 0 amide bonds. The van der Waals surface area contributed by atoms with Crippen LogP contribution in [0.4, 0.5) is 0 Å². The van der Waals surface area contributed by atoms with Crippen molar-refractivity contribution in [1.82, 2.24) is 15.1 Å². The zero-order chi connectivity index (χ0) is 15.5. The van der Waals surface area contributed by atoms with Crippen LogP contribution in [0.3, 0.4) is 0 Å². The largest absolute Gasteiger partial charge is 0.316 e. The van der Waals surface area contributed by atoms with Crippen molar-refractivity contribution in [2.24, 2.45) is 11.3 Å². The summed E-state index contributed by atoms with van der Waals surface area (Å²) >= 11 is 3.74. The second kappa shape index (κ2) is 7.28. The lowest BCUT2D eigenvalue weighted by atomic mass is 9.66. The average Bonchev–Trinajstić information content (AvgIpc) is 2.81. The zero-order valence-corrected chi connectivity index (χ0v) is 15.5. The van der Waals surface area contributed by atoms with Crippen molar-refractivity contribution in [3.63, 3.8) is 0 Å². The van der Waals surface area contributed by atoms with Crippen LogP contribution in [0, 0.1) is 11.3 Å². The molecular formula is C17H30BrN3. The van der Waals surface area contributed by atoms with Crippen molar-refractivity contribution in [1.29, 1.82) is 0 Å². The number of hydrogen-bond acceptors (Lipinski definition) is 2. The van der Waals surface area contributed by atoms with E-state index in [4.69, 9.17) is 0 Å².